The first-order valence-corrected chi connectivity index (χ1v) is 11.4. The van der Waals surface area contributed by atoms with Crippen LogP contribution >= 0.6 is 23.4 Å². The summed E-state index contributed by atoms with van der Waals surface area (Å²) in [6.45, 7) is 5.93. The van der Waals surface area contributed by atoms with Crippen molar-refractivity contribution in [1.29, 1.82) is 5.41 Å². The zero-order valence-corrected chi connectivity index (χ0v) is 18.3. The van der Waals surface area contributed by atoms with Gasteiger partial charge in [-0.05, 0) is 43.9 Å². The molecule has 3 N–H and O–H groups in total. The molecule has 2 fully saturated rings. The van der Waals surface area contributed by atoms with E-state index in [4.69, 9.17) is 22.0 Å². The van der Waals surface area contributed by atoms with Crippen LogP contribution in [0.4, 0.5) is 5.69 Å². The van der Waals surface area contributed by atoms with Crippen molar-refractivity contribution in [2.45, 2.75) is 38.9 Å². The fourth-order valence-electron chi connectivity index (χ4n) is 4.04. The van der Waals surface area contributed by atoms with Crippen molar-refractivity contribution in [3.8, 4) is 0 Å². The van der Waals surface area contributed by atoms with Gasteiger partial charge in [-0.15, -0.1) is 0 Å². The van der Waals surface area contributed by atoms with Gasteiger partial charge in [-0.1, -0.05) is 36.4 Å². The topological polar surface area (TPSA) is 83.8 Å². The number of piperidine rings is 1. The number of halogens is 1. The Balaban J connectivity index is 1.54. The van der Waals surface area contributed by atoms with Crippen molar-refractivity contribution in [2.24, 2.45) is 16.8 Å². The number of hydrazine groups is 1. The van der Waals surface area contributed by atoms with Crippen molar-refractivity contribution in [3.05, 3.63) is 29.3 Å². The number of carbonyl (C=O) groups is 1. The van der Waals surface area contributed by atoms with Crippen molar-refractivity contribution >= 4 is 46.0 Å². The van der Waals surface area contributed by atoms with Crippen molar-refractivity contribution in [2.75, 3.05) is 23.7 Å². The second-order valence-electron chi connectivity index (χ2n) is 8.01. The van der Waals surface area contributed by atoms with Gasteiger partial charge in [0.05, 0.1) is 17.4 Å². The van der Waals surface area contributed by atoms with E-state index in [1.165, 1.54) is 11.8 Å². The number of amidine groups is 2. The number of nitrogens with zero attached hydrogens (tertiary/aromatic N) is 3. The van der Waals surface area contributed by atoms with Gasteiger partial charge in [-0.2, -0.15) is 0 Å². The number of nitrogens with one attached hydrogen (secondary N) is 3. The molecule has 1 aromatic rings. The largest absolute Gasteiger partial charge is 0.342 e. The lowest BCUT2D eigenvalue weighted by Crippen LogP contribution is -2.50. The van der Waals surface area contributed by atoms with Crippen LogP contribution in [0.3, 0.4) is 0 Å². The Labute approximate surface area is 180 Å². The maximum atomic E-state index is 12.7. The molecule has 0 spiro atoms. The summed E-state index contributed by atoms with van der Waals surface area (Å²) in [5.74, 6) is 1.51. The van der Waals surface area contributed by atoms with Crippen molar-refractivity contribution < 1.29 is 4.79 Å². The number of amides is 1. The third kappa shape index (κ3) is 4.30. The Hall–Kier alpha value is -1.61. The van der Waals surface area contributed by atoms with Crippen LogP contribution in [-0.4, -0.2) is 52.9 Å². The number of hydrogen-bond donors (Lipinski definition) is 3. The first-order chi connectivity index (χ1) is 13.9. The molecule has 0 radical (unpaired) electrons. The lowest BCUT2D eigenvalue weighted by Gasteiger charge is -2.36. The highest BCUT2D eigenvalue weighted by molar-refractivity contribution is 8.14. The zero-order chi connectivity index (χ0) is 20.5. The summed E-state index contributed by atoms with van der Waals surface area (Å²) in [5, 5.41) is 10.1. The maximum absolute atomic E-state index is 12.7. The van der Waals surface area contributed by atoms with E-state index in [1.54, 1.807) is 0 Å². The molecule has 4 rings (SSSR count). The molecule has 0 aromatic heterocycles. The molecule has 3 aliphatic heterocycles. The van der Waals surface area contributed by atoms with E-state index in [0.717, 1.165) is 31.6 Å². The Morgan fingerprint density at radius 2 is 2.07 bits per heavy atom. The first-order valence-electron chi connectivity index (χ1n) is 10.1. The number of likely N-dealkylation sites (tertiary alicyclic amines) is 1. The minimum atomic E-state index is -0.207. The van der Waals surface area contributed by atoms with Gasteiger partial charge in [0, 0.05) is 24.2 Å². The number of hydrogen-bond acceptors (Lipinski definition) is 6. The smallest absolute Gasteiger partial charge is 0.233 e. The van der Waals surface area contributed by atoms with E-state index >= 15 is 0 Å². The van der Waals surface area contributed by atoms with Gasteiger partial charge in [0.1, 0.15) is 12.0 Å². The molecule has 29 heavy (non-hydrogen) atoms. The quantitative estimate of drug-likeness (QED) is 0.681. The molecule has 0 bridgehead atoms. The predicted molar refractivity (Wildman–Crippen MR) is 120 cm³/mol. The fourth-order valence-corrected chi connectivity index (χ4v) is 5.18. The molecule has 2 saturated heterocycles. The van der Waals surface area contributed by atoms with Gasteiger partial charge < -0.3 is 4.90 Å². The standard InChI is InChI=1S/C20H27ClN6OS/c1-12-6-8-26(9-7-12)16(28)11-29-20-23-19-17(13(2)24-25-19)18(22)27(20)15-5-3-4-14(21)10-15/h3-5,10,12-13,17,19,22,24-25H,6-9,11H2,1-2H3. The van der Waals surface area contributed by atoms with Gasteiger partial charge in [0.2, 0.25) is 5.91 Å². The molecule has 3 unspecified atom stereocenters. The second-order valence-corrected chi connectivity index (χ2v) is 9.39. The van der Waals surface area contributed by atoms with Crippen molar-refractivity contribution in [1.82, 2.24) is 15.8 Å². The summed E-state index contributed by atoms with van der Waals surface area (Å²) >= 11 is 7.61. The van der Waals surface area contributed by atoms with Gasteiger partial charge in [0.15, 0.2) is 5.17 Å². The third-order valence-electron chi connectivity index (χ3n) is 5.86. The summed E-state index contributed by atoms with van der Waals surface area (Å²) in [6, 6.07) is 7.52. The molecule has 0 aliphatic carbocycles. The van der Waals surface area contributed by atoms with E-state index in [0.29, 0.717) is 27.7 Å². The van der Waals surface area contributed by atoms with Crippen molar-refractivity contribution in [3.63, 3.8) is 0 Å². The van der Waals surface area contributed by atoms with Gasteiger partial charge in [0.25, 0.3) is 0 Å². The number of aliphatic imine (C=N–C) groups is 1. The van der Waals surface area contributed by atoms with Crippen LogP contribution < -0.4 is 15.8 Å². The molecule has 3 atom stereocenters. The van der Waals surface area contributed by atoms with Gasteiger partial charge in [-0.3, -0.25) is 20.5 Å². The lowest BCUT2D eigenvalue weighted by atomic mass is 9.97. The molecule has 0 saturated carbocycles. The summed E-state index contributed by atoms with van der Waals surface area (Å²) in [5.41, 5.74) is 7.15. The average molecular weight is 435 g/mol. The predicted octanol–water partition coefficient (Wildman–Crippen LogP) is 2.92. The second kappa shape index (κ2) is 8.63. The fraction of sp³-hybridized carbons (Fsp3) is 0.550. The Morgan fingerprint density at radius 3 is 2.79 bits per heavy atom. The Morgan fingerprint density at radius 1 is 1.31 bits per heavy atom. The van der Waals surface area contributed by atoms with Crippen LogP contribution in [0.2, 0.25) is 5.02 Å². The number of anilines is 1. The SMILES string of the molecule is CC1CCN(C(=O)CSC2=NC3NNC(C)C3C(=N)N2c2cccc(Cl)c2)CC1. The summed E-state index contributed by atoms with van der Waals surface area (Å²) in [4.78, 5) is 21.4. The van der Waals surface area contributed by atoms with Gasteiger partial charge >= 0.3 is 0 Å². The first kappa shape index (κ1) is 20.7. The molecule has 3 aliphatic rings. The minimum absolute atomic E-state index is 0.0847. The zero-order valence-electron chi connectivity index (χ0n) is 16.7. The average Bonchev–Trinajstić information content (AvgIpc) is 3.07. The molecule has 9 heteroatoms. The normalized spacial score (nSPS) is 27.8. The minimum Gasteiger partial charge on any atom is -0.342 e. The van der Waals surface area contributed by atoms with E-state index in [1.807, 2.05) is 41.0 Å². The molecular formula is C20H27ClN6OS. The van der Waals surface area contributed by atoms with E-state index in [9.17, 15) is 4.79 Å². The number of fused-ring (bicyclic) bond motifs is 1. The van der Waals surface area contributed by atoms with Crippen LogP contribution in [0.15, 0.2) is 29.3 Å². The van der Waals surface area contributed by atoms with Crippen LogP contribution in [0.1, 0.15) is 26.7 Å². The number of carbonyl (C=O) groups excluding carboxylic acids is 1. The van der Waals surface area contributed by atoms with Crippen LogP contribution in [-0.2, 0) is 4.79 Å². The van der Waals surface area contributed by atoms with E-state index in [-0.39, 0.29) is 24.0 Å². The maximum Gasteiger partial charge on any atom is 0.233 e. The Bertz CT molecular complexity index is 825. The molecule has 3 heterocycles. The number of thioether (sulfide) groups is 1. The highest BCUT2D eigenvalue weighted by Gasteiger charge is 2.43. The van der Waals surface area contributed by atoms with E-state index < -0.39 is 0 Å². The third-order valence-corrected chi connectivity index (χ3v) is 7.04. The summed E-state index contributed by atoms with van der Waals surface area (Å²) in [6.07, 6.45) is 1.92. The highest BCUT2D eigenvalue weighted by Crippen LogP contribution is 2.32. The van der Waals surface area contributed by atoms with Crippen LogP contribution in [0.5, 0.6) is 0 Å². The molecule has 156 valence electrons. The summed E-state index contributed by atoms with van der Waals surface area (Å²) in [7, 11) is 0. The molecule has 1 aromatic carbocycles. The molecule has 1 amide bonds. The van der Waals surface area contributed by atoms with Crippen LogP contribution in [0.25, 0.3) is 0 Å². The monoisotopic (exact) mass is 434 g/mol. The number of benzene rings is 1. The van der Waals surface area contributed by atoms with E-state index in [2.05, 4.69) is 17.8 Å². The lowest BCUT2D eigenvalue weighted by molar-refractivity contribution is -0.129. The molecular weight excluding hydrogens is 408 g/mol. The Kier molecular flexibility index (Phi) is 6.15. The van der Waals surface area contributed by atoms with Crippen LogP contribution in [0, 0.1) is 17.2 Å². The van der Waals surface area contributed by atoms with Gasteiger partial charge in [-0.25, -0.2) is 10.4 Å². The number of rotatable bonds is 3. The highest BCUT2D eigenvalue weighted by atomic mass is 35.5. The summed E-state index contributed by atoms with van der Waals surface area (Å²) < 4.78 is 0. The molecule has 7 nitrogen and oxygen atoms in total.